The predicted octanol–water partition coefficient (Wildman–Crippen LogP) is 3.26. The minimum absolute atomic E-state index is 0.202. The van der Waals surface area contributed by atoms with Crippen molar-refractivity contribution in [1.82, 2.24) is 0 Å². The van der Waals surface area contributed by atoms with Crippen LogP contribution in [0.1, 0.15) is 45.6 Å². The van der Waals surface area contributed by atoms with E-state index in [2.05, 4.69) is 33.8 Å². The van der Waals surface area contributed by atoms with E-state index in [9.17, 15) is 5.11 Å². The smallest absolute Gasteiger partial charge is 0.115 e. The monoisotopic (exact) mass is 221 g/mol. The van der Waals surface area contributed by atoms with E-state index in [4.69, 9.17) is 5.73 Å². The van der Waals surface area contributed by atoms with E-state index >= 15 is 0 Å². The molecular weight excluding hydrogens is 198 g/mol. The number of benzene rings is 1. The summed E-state index contributed by atoms with van der Waals surface area (Å²) < 4.78 is 0. The minimum Gasteiger partial charge on any atom is -0.508 e. The predicted molar refractivity (Wildman–Crippen MR) is 68.6 cm³/mol. The molecule has 0 bridgehead atoms. The van der Waals surface area contributed by atoms with Gasteiger partial charge in [-0.25, -0.2) is 0 Å². The average molecular weight is 221 g/mol. The molecule has 1 aromatic rings. The summed E-state index contributed by atoms with van der Waals surface area (Å²) in [5, 5.41) is 9.51. The van der Waals surface area contributed by atoms with Crippen molar-refractivity contribution in [2.45, 2.75) is 45.6 Å². The Morgan fingerprint density at radius 2 is 2.00 bits per heavy atom. The van der Waals surface area contributed by atoms with Gasteiger partial charge >= 0.3 is 0 Å². The van der Waals surface area contributed by atoms with Crippen LogP contribution in [-0.2, 0) is 0 Å². The van der Waals surface area contributed by atoms with Gasteiger partial charge in [-0.2, -0.15) is 0 Å². The molecule has 2 unspecified atom stereocenters. The molecule has 2 nitrogen and oxygen atoms in total. The van der Waals surface area contributed by atoms with Crippen LogP contribution in [0.2, 0.25) is 0 Å². The topological polar surface area (TPSA) is 46.2 Å². The molecule has 16 heavy (non-hydrogen) atoms. The molecule has 90 valence electrons. The molecule has 0 aliphatic rings. The molecule has 2 atom stereocenters. The molecule has 2 heteroatoms. The van der Waals surface area contributed by atoms with E-state index in [-0.39, 0.29) is 5.54 Å². The van der Waals surface area contributed by atoms with Gasteiger partial charge in [0.05, 0.1) is 0 Å². The van der Waals surface area contributed by atoms with Gasteiger partial charge < -0.3 is 10.8 Å². The standard InChI is InChI=1S/C14H23NO/c1-5-13(10(2)14(3,4)15)11-7-6-8-12(16)9-11/h6-10,13,16H,5,15H2,1-4H3. The van der Waals surface area contributed by atoms with Crippen molar-refractivity contribution in [1.29, 1.82) is 0 Å². The molecule has 0 spiro atoms. The van der Waals surface area contributed by atoms with E-state index in [1.54, 1.807) is 6.07 Å². The first-order valence-corrected chi connectivity index (χ1v) is 5.94. The van der Waals surface area contributed by atoms with Crippen LogP contribution >= 0.6 is 0 Å². The summed E-state index contributed by atoms with van der Waals surface area (Å²) >= 11 is 0. The average Bonchev–Trinajstić information content (AvgIpc) is 2.17. The zero-order valence-electron chi connectivity index (χ0n) is 10.7. The van der Waals surface area contributed by atoms with Gasteiger partial charge in [0, 0.05) is 5.54 Å². The summed E-state index contributed by atoms with van der Waals surface area (Å²) in [4.78, 5) is 0. The Bertz CT molecular complexity index is 341. The molecule has 1 aromatic carbocycles. The Morgan fingerprint density at radius 3 is 2.44 bits per heavy atom. The van der Waals surface area contributed by atoms with Crippen LogP contribution < -0.4 is 5.73 Å². The Hall–Kier alpha value is -1.02. The van der Waals surface area contributed by atoms with Crippen LogP contribution in [0.25, 0.3) is 0 Å². The third-order valence-electron chi connectivity index (χ3n) is 3.52. The number of hydrogen-bond donors (Lipinski definition) is 2. The Labute approximate surface area is 98.5 Å². The molecule has 0 aliphatic heterocycles. The van der Waals surface area contributed by atoms with Crippen LogP contribution in [0.4, 0.5) is 0 Å². The van der Waals surface area contributed by atoms with Gasteiger partial charge in [0.15, 0.2) is 0 Å². The third-order valence-corrected chi connectivity index (χ3v) is 3.52. The number of rotatable bonds is 4. The molecule has 0 heterocycles. The van der Waals surface area contributed by atoms with Crippen molar-refractivity contribution in [2.75, 3.05) is 0 Å². The molecule has 1 rings (SSSR count). The van der Waals surface area contributed by atoms with Crippen LogP contribution in [0.15, 0.2) is 24.3 Å². The second-order valence-electron chi connectivity index (χ2n) is 5.22. The van der Waals surface area contributed by atoms with E-state index in [1.807, 2.05) is 12.1 Å². The number of nitrogens with two attached hydrogens (primary N) is 1. The highest BCUT2D eigenvalue weighted by Crippen LogP contribution is 2.34. The largest absolute Gasteiger partial charge is 0.508 e. The third kappa shape index (κ3) is 2.99. The first-order chi connectivity index (χ1) is 7.36. The van der Waals surface area contributed by atoms with Crippen molar-refractivity contribution in [2.24, 2.45) is 11.7 Å². The maximum atomic E-state index is 9.51. The van der Waals surface area contributed by atoms with E-state index < -0.39 is 0 Å². The zero-order valence-corrected chi connectivity index (χ0v) is 10.7. The molecular formula is C14H23NO. The number of phenolic OH excluding ortho intramolecular Hbond substituents is 1. The molecule has 0 aromatic heterocycles. The first kappa shape index (κ1) is 13.0. The van der Waals surface area contributed by atoms with Crippen LogP contribution in [0.3, 0.4) is 0 Å². The fourth-order valence-corrected chi connectivity index (χ4v) is 2.15. The van der Waals surface area contributed by atoms with Crippen LogP contribution in [0, 0.1) is 5.92 Å². The Morgan fingerprint density at radius 1 is 1.38 bits per heavy atom. The number of aromatic hydroxyl groups is 1. The summed E-state index contributed by atoms with van der Waals surface area (Å²) in [6.45, 7) is 8.46. The van der Waals surface area contributed by atoms with Gasteiger partial charge in [0.2, 0.25) is 0 Å². The zero-order chi connectivity index (χ0) is 12.3. The molecule has 0 aliphatic carbocycles. The van der Waals surface area contributed by atoms with Gasteiger partial charge in [-0.3, -0.25) is 0 Å². The van der Waals surface area contributed by atoms with Gasteiger partial charge in [-0.1, -0.05) is 26.0 Å². The molecule has 0 fully saturated rings. The van der Waals surface area contributed by atoms with E-state index in [0.717, 1.165) is 6.42 Å². The maximum Gasteiger partial charge on any atom is 0.115 e. The fourth-order valence-electron chi connectivity index (χ4n) is 2.15. The lowest BCUT2D eigenvalue weighted by Crippen LogP contribution is -2.42. The Balaban J connectivity index is 2.99. The molecule has 0 amide bonds. The maximum absolute atomic E-state index is 9.51. The van der Waals surface area contributed by atoms with Crippen molar-refractivity contribution < 1.29 is 5.11 Å². The number of phenols is 1. The summed E-state index contributed by atoms with van der Waals surface area (Å²) in [6.07, 6.45) is 1.03. The second-order valence-corrected chi connectivity index (χ2v) is 5.22. The highest BCUT2D eigenvalue weighted by atomic mass is 16.3. The highest BCUT2D eigenvalue weighted by Gasteiger charge is 2.28. The molecule has 0 saturated carbocycles. The second kappa shape index (κ2) is 4.88. The fraction of sp³-hybridized carbons (Fsp3) is 0.571. The van der Waals surface area contributed by atoms with Crippen molar-refractivity contribution in [3.05, 3.63) is 29.8 Å². The normalized spacial score (nSPS) is 15.8. The lowest BCUT2D eigenvalue weighted by Gasteiger charge is -2.34. The molecule has 3 N–H and O–H groups in total. The minimum atomic E-state index is -0.202. The van der Waals surface area contributed by atoms with Gasteiger partial charge in [0.25, 0.3) is 0 Å². The van der Waals surface area contributed by atoms with Gasteiger partial charge in [-0.15, -0.1) is 0 Å². The summed E-state index contributed by atoms with van der Waals surface area (Å²) in [6, 6.07) is 7.50. The molecule has 0 saturated heterocycles. The number of hydrogen-bond acceptors (Lipinski definition) is 2. The SMILES string of the molecule is CCC(c1cccc(O)c1)C(C)C(C)(C)N. The quantitative estimate of drug-likeness (QED) is 0.819. The van der Waals surface area contributed by atoms with E-state index in [1.165, 1.54) is 5.56 Å². The van der Waals surface area contributed by atoms with Crippen LogP contribution in [0.5, 0.6) is 5.75 Å². The highest BCUT2D eigenvalue weighted by molar-refractivity contribution is 5.30. The van der Waals surface area contributed by atoms with Gasteiger partial charge in [0.1, 0.15) is 5.75 Å². The lowest BCUT2D eigenvalue weighted by atomic mass is 9.75. The van der Waals surface area contributed by atoms with E-state index in [0.29, 0.717) is 17.6 Å². The van der Waals surface area contributed by atoms with Crippen molar-refractivity contribution >= 4 is 0 Å². The van der Waals surface area contributed by atoms with Gasteiger partial charge in [-0.05, 0) is 49.8 Å². The van der Waals surface area contributed by atoms with Crippen LogP contribution in [-0.4, -0.2) is 10.6 Å². The summed E-state index contributed by atoms with van der Waals surface area (Å²) in [5.74, 6) is 1.10. The summed E-state index contributed by atoms with van der Waals surface area (Å²) in [7, 11) is 0. The Kier molecular flexibility index (Phi) is 3.98. The first-order valence-electron chi connectivity index (χ1n) is 5.94. The lowest BCUT2D eigenvalue weighted by molar-refractivity contribution is 0.287. The van der Waals surface area contributed by atoms with Crippen molar-refractivity contribution in [3.8, 4) is 5.75 Å². The summed E-state index contributed by atoms with van der Waals surface area (Å²) in [5.41, 5.74) is 7.14. The molecule has 0 radical (unpaired) electrons. The van der Waals surface area contributed by atoms with Crippen molar-refractivity contribution in [3.63, 3.8) is 0 Å².